The topological polar surface area (TPSA) is 66.5 Å². The molecule has 1 amide bonds. The van der Waals surface area contributed by atoms with E-state index in [-0.39, 0.29) is 11.9 Å². The second-order valence-corrected chi connectivity index (χ2v) is 9.48. The maximum atomic E-state index is 12.4. The van der Waals surface area contributed by atoms with Crippen molar-refractivity contribution in [1.82, 2.24) is 9.62 Å². The zero-order chi connectivity index (χ0) is 17.0. The lowest BCUT2D eigenvalue weighted by molar-refractivity contribution is -0.129. The molecule has 23 heavy (non-hydrogen) atoms. The number of hydrogen-bond acceptors (Lipinski definition) is 4. The number of nitrogens with one attached hydrogen (secondary N) is 1. The monoisotopic (exact) mass is 420 g/mol. The number of thioether (sulfide) groups is 1. The highest BCUT2D eigenvalue weighted by molar-refractivity contribution is 9.10. The molecule has 8 heteroatoms. The standard InChI is InChI=1S/C15H21BrN2O3S2/c1-11-8-12(16)5-6-14(11)22-10-15(19)18-7-3-4-13(9-18)17-23(2,20)21/h5-6,8,13,17H,3-4,7,9-10H2,1-2H3. The summed E-state index contributed by atoms with van der Waals surface area (Å²) < 4.78 is 26.3. The van der Waals surface area contributed by atoms with E-state index in [1.807, 2.05) is 25.1 Å². The summed E-state index contributed by atoms with van der Waals surface area (Å²) >= 11 is 4.95. The van der Waals surface area contributed by atoms with E-state index in [1.165, 1.54) is 11.8 Å². The molecule has 1 aliphatic heterocycles. The number of sulfonamides is 1. The van der Waals surface area contributed by atoms with E-state index in [0.29, 0.717) is 18.8 Å². The quantitative estimate of drug-likeness (QED) is 0.742. The third-order valence-electron chi connectivity index (χ3n) is 3.64. The minimum Gasteiger partial charge on any atom is -0.340 e. The maximum absolute atomic E-state index is 12.4. The van der Waals surface area contributed by atoms with Crippen LogP contribution in [0.4, 0.5) is 0 Å². The van der Waals surface area contributed by atoms with Gasteiger partial charge >= 0.3 is 0 Å². The molecule has 1 unspecified atom stereocenters. The molecule has 0 spiro atoms. The number of nitrogens with zero attached hydrogens (tertiary/aromatic N) is 1. The average molecular weight is 421 g/mol. The normalized spacial score (nSPS) is 18.9. The lowest BCUT2D eigenvalue weighted by atomic mass is 10.1. The van der Waals surface area contributed by atoms with Crippen molar-refractivity contribution in [3.05, 3.63) is 28.2 Å². The zero-order valence-electron chi connectivity index (χ0n) is 13.2. The molecule has 128 valence electrons. The molecule has 1 aromatic rings. The predicted molar refractivity (Wildman–Crippen MR) is 97.2 cm³/mol. The van der Waals surface area contributed by atoms with Crippen LogP contribution >= 0.6 is 27.7 Å². The van der Waals surface area contributed by atoms with Gasteiger partial charge in [-0.05, 0) is 43.5 Å². The van der Waals surface area contributed by atoms with Gasteiger partial charge in [0.15, 0.2) is 0 Å². The van der Waals surface area contributed by atoms with Gasteiger partial charge in [0.1, 0.15) is 0 Å². The summed E-state index contributed by atoms with van der Waals surface area (Å²) in [6.45, 7) is 3.16. The second-order valence-electron chi connectivity index (χ2n) is 5.77. The van der Waals surface area contributed by atoms with Crippen LogP contribution in [-0.2, 0) is 14.8 Å². The largest absolute Gasteiger partial charge is 0.340 e. The van der Waals surface area contributed by atoms with Crippen LogP contribution in [-0.4, -0.2) is 50.4 Å². The van der Waals surface area contributed by atoms with E-state index in [1.54, 1.807) is 4.90 Å². The summed E-state index contributed by atoms with van der Waals surface area (Å²) in [5.41, 5.74) is 1.13. The summed E-state index contributed by atoms with van der Waals surface area (Å²) in [4.78, 5) is 15.2. The van der Waals surface area contributed by atoms with Crippen molar-refractivity contribution >= 4 is 43.6 Å². The van der Waals surface area contributed by atoms with Crippen molar-refractivity contribution in [2.24, 2.45) is 0 Å². The van der Waals surface area contributed by atoms with Gasteiger partial charge in [-0.1, -0.05) is 15.9 Å². The highest BCUT2D eigenvalue weighted by atomic mass is 79.9. The third kappa shape index (κ3) is 6.10. The van der Waals surface area contributed by atoms with Crippen LogP contribution in [0.2, 0.25) is 0 Å². The van der Waals surface area contributed by atoms with E-state index in [4.69, 9.17) is 0 Å². The van der Waals surface area contributed by atoms with Crippen LogP contribution in [0.15, 0.2) is 27.6 Å². The van der Waals surface area contributed by atoms with Gasteiger partial charge in [-0.15, -0.1) is 11.8 Å². The van der Waals surface area contributed by atoms with Gasteiger partial charge in [0.05, 0.1) is 12.0 Å². The molecule has 1 N–H and O–H groups in total. The molecule has 0 saturated carbocycles. The molecule has 0 aromatic heterocycles. The molecule has 1 fully saturated rings. The Labute approximate surface area is 150 Å². The van der Waals surface area contributed by atoms with Gasteiger partial charge in [0.2, 0.25) is 15.9 Å². The van der Waals surface area contributed by atoms with Gasteiger partial charge in [-0.25, -0.2) is 13.1 Å². The van der Waals surface area contributed by atoms with Crippen molar-refractivity contribution in [2.75, 3.05) is 25.1 Å². The maximum Gasteiger partial charge on any atom is 0.232 e. The van der Waals surface area contributed by atoms with E-state index < -0.39 is 10.0 Å². The molecular formula is C15H21BrN2O3S2. The number of rotatable bonds is 5. The van der Waals surface area contributed by atoms with Gasteiger partial charge in [-0.2, -0.15) is 0 Å². The first-order valence-electron chi connectivity index (χ1n) is 7.38. The lowest BCUT2D eigenvalue weighted by Gasteiger charge is -2.32. The number of carbonyl (C=O) groups excluding carboxylic acids is 1. The number of amides is 1. The molecule has 0 aliphatic carbocycles. The number of hydrogen-bond donors (Lipinski definition) is 1. The number of halogens is 1. The first-order chi connectivity index (χ1) is 10.7. The molecule has 0 radical (unpaired) electrons. The van der Waals surface area contributed by atoms with Crippen LogP contribution in [0.1, 0.15) is 18.4 Å². The highest BCUT2D eigenvalue weighted by Crippen LogP contribution is 2.26. The number of aryl methyl sites for hydroxylation is 1. The Morgan fingerprint density at radius 2 is 2.22 bits per heavy atom. The van der Waals surface area contributed by atoms with E-state index in [0.717, 1.165) is 34.0 Å². The van der Waals surface area contributed by atoms with Crippen LogP contribution in [0.5, 0.6) is 0 Å². The summed E-state index contributed by atoms with van der Waals surface area (Å²) in [5.74, 6) is 0.422. The van der Waals surface area contributed by atoms with Gasteiger partial charge in [0.25, 0.3) is 0 Å². The fourth-order valence-corrected chi connectivity index (χ4v) is 4.79. The Kier molecular flexibility index (Phi) is 6.53. The molecule has 5 nitrogen and oxygen atoms in total. The van der Waals surface area contributed by atoms with Crippen molar-refractivity contribution in [2.45, 2.75) is 30.7 Å². The Balaban J connectivity index is 1.90. The number of piperidine rings is 1. The molecule has 1 heterocycles. The summed E-state index contributed by atoms with van der Waals surface area (Å²) in [6.07, 6.45) is 2.75. The summed E-state index contributed by atoms with van der Waals surface area (Å²) in [6, 6.07) is 5.82. The molecule has 1 aromatic carbocycles. The van der Waals surface area contributed by atoms with Crippen LogP contribution < -0.4 is 4.72 Å². The minimum atomic E-state index is -3.24. The molecule has 1 saturated heterocycles. The number of carbonyl (C=O) groups is 1. The molecule has 1 aliphatic rings. The van der Waals surface area contributed by atoms with E-state index in [9.17, 15) is 13.2 Å². The summed E-state index contributed by atoms with van der Waals surface area (Å²) in [5, 5.41) is 0. The van der Waals surface area contributed by atoms with Crippen LogP contribution in [0, 0.1) is 6.92 Å². The average Bonchev–Trinajstić information content (AvgIpc) is 2.44. The Morgan fingerprint density at radius 3 is 2.87 bits per heavy atom. The second kappa shape index (κ2) is 8.00. The SMILES string of the molecule is Cc1cc(Br)ccc1SCC(=O)N1CCCC(NS(C)(=O)=O)C1. The van der Waals surface area contributed by atoms with Crippen molar-refractivity contribution < 1.29 is 13.2 Å². The first kappa shape index (κ1) is 18.8. The van der Waals surface area contributed by atoms with Gasteiger partial charge in [-0.3, -0.25) is 4.79 Å². The molecule has 1 atom stereocenters. The van der Waals surface area contributed by atoms with Crippen LogP contribution in [0.3, 0.4) is 0 Å². The lowest BCUT2D eigenvalue weighted by Crippen LogP contribution is -2.49. The minimum absolute atomic E-state index is 0.0531. The van der Waals surface area contributed by atoms with Crippen molar-refractivity contribution in [3.8, 4) is 0 Å². The van der Waals surface area contributed by atoms with Crippen molar-refractivity contribution in [3.63, 3.8) is 0 Å². The third-order valence-corrected chi connectivity index (χ3v) is 6.06. The smallest absolute Gasteiger partial charge is 0.232 e. The van der Waals surface area contributed by atoms with E-state index in [2.05, 4.69) is 20.7 Å². The van der Waals surface area contributed by atoms with Crippen molar-refractivity contribution in [1.29, 1.82) is 0 Å². The Hall–Kier alpha value is -0.570. The Bertz CT molecular complexity index is 679. The van der Waals surface area contributed by atoms with Gasteiger partial charge in [0, 0.05) is 28.5 Å². The fraction of sp³-hybridized carbons (Fsp3) is 0.533. The van der Waals surface area contributed by atoms with Crippen LogP contribution in [0.25, 0.3) is 0 Å². The predicted octanol–water partition coefficient (Wildman–Crippen LogP) is 2.39. The number of benzene rings is 1. The van der Waals surface area contributed by atoms with E-state index >= 15 is 0 Å². The zero-order valence-corrected chi connectivity index (χ0v) is 16.4. The van der Waals surface area contributed by atoms with Gasteiger partial charge < -0.3 is 4.90 Å². The first-order valence-corrected chi connectivity index (χ1v) is 11.1. The number of likely N-dealkylation sites (tertiary alicyclic amines) is 1. The Morgan fingerprint density at radius 1 is 1.48 bits per heavy atom. The molecule has 0 bridgehead atoms. The fourth-order valence-electron chi connectivity index (χ4n) is 2.61. The highest BCUT2D eigenvalue weighted by Gasteiger charge is 2.25. The molecule has 2 rings (SSSR count). The molecular weight excluding hydrogens is 400 g/mol. The summed E-state index contributed by atoms with van der Waals surface area (Å²) in [7, 11) is -3.24.